The number of nitrogens with one attached hydrogen (secondary N) is 2. The van der Waals surface area contributed by atoms with Crippen molar-refractivity contribution in [3.05, 3.63) is 24.3 Å². The molecule has 0 aliphatic carbocycles. The van der Waals surface area contributed by atoms with Gasteiger partial charge < -0.3 is 15.0 Å². The van der Waals surface area contributed by atoms with Gasteiger partial charge in [0.1, 0.15) is 0 Å². The lowest BCUT2D eigenvalue weighted by molar-refractivity contribution is 0.0983. The van der Waals surface area contributed by atoms with Crippen molar-refractivity contribution in [3.8, 4) is 0 Å². The molecule has 1 aromatic rings. The highest BCUT2D eigenvalue weighted by molar-refractivity contribution is 7.92. The molecule has 7 nitrogen and oxygen atoms in total. The highest BCUT2D eigenvalue weighted by Crippen LogP contribution is 2.19. The lowest BCUT2D eigenvalue weighted by Crippen LogP contribution is -2.42. The first kappa shape index (κ1) is 17.4. The fraction of sp³-hybridized carbons (Fsp3) is 0.533. The van der Waals surface area contributed by atoms with E-state index in [4.69, 9.17) is 4.74 Å². The summed E-state index contributed by atoms with van der Waals surface area (Å²) in [6, 6.07) is 7.40. The van der Waals surface area contributed by atoms with Gasteiger partial charge in [-0.25, -0.2) is 13.2 Å². The fourth-order valence-corrected chi connectivity index (χ4v) is 3.07. The van der Waals surface area contributed by atoms with Gasteiger partial charge >= 0.3 is 6.09 Å². The van der Waals surface area contributed by atoms with Crippen molar-refractivity contribution in [1.29, 1.82) is 0 Å². The van der Waals surface area contributed by atoms with Gasteiger partial charge in [-0.2, -0.15) is 0 Å². The van der Waals surface area contributed by atoms with Crippen LogP contribution in [-0.2, 0) is 14.8 Å². The van der Waals surface area contributed by atoms with Gasteiger partial charge in [-0.15, -0.1) is 0 Å². The van der Waals surface area contributed by atoms with Crippen molar-refractivity contribution in [2.75, 3.05) is 36.0 Å². The molecule has 1 saturated heterocycles. The second kappa shape index (κ2) is 7.54. The Kier molecular flexibility index (Phi) is 5.70. The van der Waals surface area contributed by atoms with Gasteiger partial charge in [0.05, 0.1) is 12.9 Å². The summed E-state index contributed by atoms with van der Waals surface area (Å²) in [6.45, 7) is 3.54. The van der Waals surface area contributed by atoms with Crippen molar-refractivity contribution >= 4 is 27.5 Å². The zero-order chi connectivity index (χ0) is 16.9. The van der Waals surface area contributed by atoms with Crippen LogP contribution < -0.4 is 10.0 Å². The molecular weight excluding hydrogens is 318 g/mol. The quantitative estimate of drug-likeness (QED) is 0.856. The van der Waals surface area contributed by atoms with E-state index in [1.807, 2.05) is 12.1 Å². The van der Waals surface area contributed by atoms with E-state index >= 15 is 0 Å². The molecule has 1 heterocycles. The Morgan fingerprint density at radius 2 is 1.78 bits per heavy atom. The van der Waals surface area contributed by atoms with Crippen LogP contribution in [0.15, 0.2) is 24.3 Å². The summed E-state index contributed by atoms with van der Waals surface area (Å²) in [6.07, 6.45) is 2.57. The lowest BCUT2D eigenvalue weighted by atomic mass is 10.1. The fourth-order valence-electron chi connectivity index (χ4n) is 2.51. The second-order valence-electron chi connectivity index (χ2n) is 5.56. The Labute approximate surface area is 137 Å². The number of anilines is 2. The third-order valence-corrected chi connectivity index (χ3v) is 4.19. The molecule has 128 valence electrons. The van der Waals surface area contributed by atoms with Crippen molar-refractivity contribution in [3.63, 3.8) is 0 Å². The summed E-state index contributed by atoms with van der Waals surface area (Å²) < 4.78 is 29.8. The van der Waals surface area contributed by atoms with Crippen LogP contribution in [-0.4, -0.2) is 51.4 Å². The standard InChI is InChI=1S/C15H23N3O4S/c1-3-22-15(19)18-10-8-13(9-11-18)16-12-4-6-14(7-5-12)17-23(2,20)21/h4-7,13,16-17H,3,8-11H2,1-2H3. The van der Waals surface area contributed by atoms with Gasteiger partial charge in [-0.3, -0.25) is 4.72 Å². The molecule has 1 aromatic carbocycles. The smallest absolute Gasteiger partial charge is 0.409 e. The predicted molar refractivity (Wildman–Crippen MR) is 90.1 cm³/mol. The second-order valence-corrected chi connectivity index (χ2v) is 7.30. The van der Waals surface area contributed by atoms with Gasteiger partial charge in [-0.05, 0) is 44.0 Å². The largest absolute Gasteiger partial charge is 0.450 e. The van der Waals surface area contributed by atoms with E-state index in [-0.39, 0.29) is 12.1 Å². The van der Waals surface area contributed by atoms with Crippen LogP contribution in [0.2, 0.25) is 0 Å². The van der Waals surface area contributed by atoms with E-state index < -0.39 is 10.0 Å². The van der Waals surface area contributed by atoms with E-state index in [2.05, 4.69) is 10.0 Å². The van der Waals surface area contributed by atoms with Crippen LogP contribution in [0.3, 0.4) is 0 Å². The van der Waals surface area contributed by atoms with Gasteiger partial charge in [0, 0.05) is 30.5 Å². The van der Waals surface area contributed by atoms with Gasteiger partial charge in [-0.1, -0.05) is 0 Å². The Morgan fingerprint density at radius 3 is 2.30 bits per heavy atom. The van der Waals surface area contributed by atoms with E-state index in [1.54, 1.807) is 24.0 Å². The van der Waals surface area contributed by atoms with E-state index in [0.717, 1.165) is 24.8 Å². The molecule has 2 rings (SSSR count). The molecule has 1 fully saturated rings. The number of ether oxygens (including phenoxy) is 1. The Balaban J connectivity index is 1.83. The Morgan fingerprint density at radius 1 is 1.22 bits per heavy atom. The predicted octanol–water partition coefficient (Wildman–Crippen LogP) is 2.09. The molecule has 1 aliphatic rings. The summed E-state index contributed by atoms with van der Waals surface area (Å²) in [7, 11) is -3.26. The molecule has 0 bridgehead atoms. The van der Waals surface area contributed by atoms with Crippen LogP contribution in [0, 0.1) is 0 Å². The molecule has 1 aliphatic heterocycles. The molecule has 0 atom stereocenters. The topological polar surface area (TPSA) is 87.7 Å². The third-order valence-electron chi connectivity index (χ3n) is 3.58. The summed E-state index contributed by atoms with van der Waals surface area (Å²) in [5.41, 5.74) is 1.47. The molecule has 8 heteroatoms. The first-order valence-electron chi connectivity index (χ1n) is 7.63. The molecule has 2 N–H and O–H groups in total. The number of hydrogen-bond donors (Lipinski definition) is 2. The minimum atomic E-state index is -3.26. The molecule has 0 aromatic heterocycles. The van der Waals surface area contributed by atoms with E-state index in [1.165, 1.54) is 0 Å². The number of rotatable bonds is 5. The number of carbonyl (C=O) groups excluding carboxylic acids is 1. The normalized spacial score (nSPS) is 16.0. The first-order valence-corrected chi connectivity index (χ1v) is 9.52. The maximum Gasteiger partial charge on any atom is 0.409 e. The average molecular weight is 341 g/mol. The van der Waals surface area contributed by atoms with Crippen molar-refractivity contribution in [2.45, 2.75) is 25.8 Å². The van der Waals surface area contributed by atoms with Gasteiger partial charge in [0.15, 0.2) is 0 Å². The van der Waals surface area contributed by atoms with Crippen LogP contribution in [0.1, 0.15) is 19.8 Å². The number of benzene rings is 1. The highest BCUT2D eigenvalue weighted by atomic mass is 32.2. The zero-order valence-corrected chi connectivity index (χ0v) is 14.2. The number of amides is 1. The lowest BCUT2D eigenvalue weighted by Gasteiger charge is -2.32. The number of hydrogen-bond acceptors (Lipinski definition) is 5. The highest BCUT2D eigenvalue weighted by Gasteiger charge is 2.23. The molecule has 1 amide bonds. The molecular formula is C15H23N3O4S. The molecule has 0 spiro atoms. The number of likely N-dealkylation sites (tertiary alicyclic amines) is 1. The average Bonchev–Trinajstić information content (AvgIpc) is 2.49. The summed E-state index contributed by atoms with van der Waals surface area (Å²) in [4.78, 5) is 13.4. The summed E-state index contributed by atoms with van der Waals surface area (Å²) in [5, 5.41) is 3.41. The van der Waals surface area contributed by atoms with Crippen molar-refractivity contribution in [2.24, 2.45) is 0 Å². The van der Waals surface area contributed by atoms with Crippen molar-refractivity contribution in [1.82, 2.24) is 4.90 Å². The van der Waals surface area contributed by atoms with Crippen LogP contribution in [0.25, 0.3) is 0 Å². The van der Waals surface area contributed by atoms with Crippen LogP contribution in [0.4, 0.5) is 16.2 Å². The Bertz CT molecular complexity index is 623. The minimum absolute atomic E-state index is 0.248. The molecule has 0 saturated carbocycles. The number of carbonyl (C=O) groups is 1. The van der Waals surface area contributed by atoms with Crippen LogP contribution >= 0.6 is 0 Å². The van der Waals surface area contributed by atoms with E-state index in [9.17, 15) is 13.2 Å². The third kappa shape index (κ3) is 5.63. The Hall–Kier alpha value is -1.96. The minimum Gasteiger partial charge on any atom is -0.450 e. The molecule has 23 heavy (non-hydrogen) atoms. The molecule has 0 unspecified atom stereocenters. The monoisotopic (exact) mass is 341 g/mol. The van der Waals surface area contributed by atoms with Crippen molar-refractivity contribution < 1.29 is 17.9 Å². The maximum absolute atomic E-state index is 11.6. The summed E-state index contributed by atoms with van der Waals surface area (Å²) >= 11 is 0. The van der Waals surface area contributed by atoms with Gasteiger partial charge in [0.2, 0.25) is 10.0 Å². The number of nitrogens with zero attached hydrogens (tertiary/aromatic N) is 1. The van der Waals surface area contributed by atoms with E-state index in [0.29, 0.717) is 25.4 Å². The zero-order valence-electron chi connectivity index (χ0n) is 13.4. The first-order chi connectivity index (χ1) is 10.9. The molecule has 0 radical (unpaired) electrons. The number of sulfonamides is 1. The number of piperidine rings is 1. The maximum atomic E-state index is 11.6. The summed E-state index contributed by atoms with van der Waals surface area (Å²) in [5.74, 6) is 0. The van der Waals surface area contributed by atoms with Gasteiger partial charge in [0.25, 0.3) is 0 Å². The van der Waals surface area contributed by atoms with Crippen LogP contribution in [0.5, 0.6) is 0 Å². The SMILES string of the molecule is CCOC(=O)N1CCC(Nc2ccc(NS(C)(=O)=O)cc2)CC1.